The Morgan fingerprint density at radius 2 is 2.04 bits per heavy atom. The molecule has 0 radical (unpaired) electrons. The zero-order valence-electron chi connectivity index (χ0n) is 13.3. The van der Waals surface area contributed by atoms with Gasteiger partial charge in [-0.05, 0) is 29.8 Å². The van der Waals surface area contributed by atoms with Gasteiger partial charge in [0.2, 0.25) is 5.91 Å². The number of fused-ring (bicyclic) bond motifs is 1. The van der Waals surface area contributed by atoms with Crippen molar-refractivity contribution in [1.29, 1.82) is 0 Å². The van der Waals surface area contributed by atoms with Gasteiger partial charge in [-0.1, -0.05) is 12.1 Å². The van der Waals surface area contributed by atoms with Crippen LogP contribution in [0, 0.1) is 0 Å². The number of benzene rings is 1. The fraction of sp³-hybridized carbons (Fsp3) is 0.294. The van der Waals surface area contributed by atoms with E-state index in [0.29, 0.717) is 30.0 Å². The quantitative estimate of drug-likeness (QED) is 0.818. The third-order valence-corrected chi connectivity index (χ3v) is 4.21. The predicted molar refractivity (Wildman–Crippen MR) is 87.1 cm³/mol. The van der Waals surface area contributed by atoms with Gasteiger partial charge < -0.3 is 14.8 Å². The first-order valence-electron chi connectivity index (χ1n) is 7.66. The summed E-state index contributed by atoms with van der Waals surface area (Å²) < 4.78 is 46.6. The summed E-state index contributed by atoms with van der Waals surface area (Å²) in [5.41, 5.74) is -0.0413. The molecule has 2 aromatic rings. The number of nitrogens with one attached hydrogen (secondary N) is 1. The van der Waals surface area contributed by atoms with Crippen molar-refractivity contribution < 1.29 is 27.4 Å². The van der Waals surface area contributed by atoms with Crippen LogP contribution in [0.15, 0.2) is 42.6 Å². The van der Waals surface area contributed by atoms with Crippen LogP contribution in [0.4, 0.5) is 13.2 Å². The molecule has 0 aliphatic carbocycles. The molecule has 1 aliphatic rings. The molecule has 0 bridgehead atoms. The smallest absolute Gasteiger partial charge is 0.491 e. The second-order valence-corrected chi connectivity index (χ2v) is 5.88. The Bertz CT molecular complexity index is 799. The normalized spacial score (nSPS) is 19.2. The Balaban J connectivity index is 2.05. The molecule has 1 aliphatic heterocycles. The van der Waals surface area contributed by atoms with E-state index in [1.807, 2.05) is 0 Å². The SMILES string of the molecule is O=C(CCl)N[C@@]1(c2ccc(OC(F)(F)F)cc2)CCOc2cccnc21. The number of pyridine rings is 1. The van der Waals surface area contributed by atoms with Crippen LogP contribution >= 0.6 is 11.6 Å². The molecule has 0 spiro atoms. The number of carbonyl (C=O) groups is 1. The summed E-state index contributed by atoms with van der Waals surface area (Å²) >= 11 is 5.64. The summed E-state index contributed by atoms with van der Waals surface area (Å²) in [5, 5.41) is 2.85. The molecule has 3 rings (SSSR count). The van der Waals surface area contributed by atoms with Crippen molar-refractivity contribution in [2.24, 2.45) is 0 Å². The van der Waals surface area contributed by atoms with Crippen molar-refractivity contribution in [3.8, 4) is 11.5 Å². The highest BCUT2D eigenvalue weighted by Gasteiger charge is 2.42. The minimum atomic E-state index is -4.78. The Morgan fingerprint density at radius 3 is 2.69 bits per heavy atom. The predicted octanol–water partition coefficient (Wildman–Crippen LogP) is 3.36. The van der Waals surface area contributed by atoms with Crippen molar-refractivity contribution >= 4 is 17.5 Å². The largest absolute Gasteiger partial charge is 0.573 e. The van der Waals surface area contributed by atoms with E-state index in [2.05, 4.69) is 15.0 Å². The summed E-state index contributed by atoms with van der Waals surface area (Å²) in [7, 11) is 0. The number of hydrogen-bond donors (Lipinski definition) is 1. The third kappa shape index (κ3) is 3.70. The molecule has 1 aromatic carbocycles. The minimum Gasteiger partial charge on any atom is -0.491 e. The van der Waals surface area contributed by atoms with Gasteiger partial charge in [-0.2, -0.15) is 0 Å². The number of aromatic nitrogens is 1. The van der Waals surface area contributed by atoms with E-state index in [1.54, 1.807) is 18.3 Å². The Labute approximate surface area is 152 Å². The average Bonchev–Trinajstić information content (AvgIpc) is 2.61. The topological polar surface area (TPSA) is 60.5 Å². The number of hydrogen-bond acceptors (Lipinski definition) is 4. The first-order chi connectivity index (χ1) is 12.3. The van der Waals surface area contributed by atoms with E-state index in [9.17, 15) is 18.0 Å². The Hall–Kier alpha value is -2.48. The van der Waals surface area contributed by atoms with Crippen LogP contribution in [0.3, 0.4) is 0 Å². The molecular weight excluding hydrogens is 373 g/mol. The first kappa shape index (κ1) is 18.3. The molecule has 1 amide bonds. The fourth-order valence-electron chi connectivity index (χ4n) is 2.95. The van der Waals surface area contributed by atoms with Gasteiger partial charge in [-0.15, -0.1) is 24.8 Å². The number of halogens is 4. The second kappa shape index (κ2) is 7.03. The standard InChI is InChI=1S/C17H14ClF3N2O3/c18-10-14(24)23-16(7-9-25-13-2-1-8-22-15(13)16)11-3-5-12(6-4-11)26-17(19,20)21/h1-6,8H,7,9-10H2,(H,23,24)/t16-/m1/s1. The van der Waals surface area contributed by atoms with Crippen molar-refractivity contribution in [3.63, 3.8) is 0 Å². The molecule has 2 heterocycles. The molecule has 9 heteroatoms. The zero-order chi connectivity index (χ0) is 18.8. The summed E-state index contributed by atoms with van der Waals surface area (Å²) in [6, 6.07) is 8.70. The highest BCUT2D eigenvalue weighted by Crippen LogP contribution is 2.41. The van der Waals surface area contributed by atoms with Gasteiger partial charge >= 0.3 is 6.36 Å². The summed E-state index contributed by atoms with van der Waals surface area (Å²) in [6.07, 6.45) is -2.88. The maximum Gasteiger partial charge on any atom is 0.573 e. The van der Waals surface area contributed by atoms with E-state index in [1.165, 1.54) is 24.3 Å². The minimum absolute atomic E-state index is 0.264. The number of amides is 1. The van der Waals surface area contributed by atoms with Gasteiger partial charge in [-0.25, -0.2) is 0 Å². The number of rotatable bonds is 4. The zero-order valence-corrected chi connectivity index (χ0v) is 14.1. The average molecular weight is 387 g/mol. The Morgan fingerprint density at radius 1 is 1.31 bits per heavy atom. The molecule has 5 nitrogen and oxygen atoms in total. The second-order valence-electron chi connectivity index (χ2n) is 5.61. The summed E-state index contributed by atoms with van der Waals surface area (Å²) in [4.78, 5) is 16.4. The van der Waals surface area contributed by atoms with E-state index in [0.717, 1.165) is 0 Å². The highest BCUT2D eigenvalue weighted by molar-refractivity contribution is 6.27. The maximum absolute atomic E-state index is 12.4. The lowest BCUT2D eigenvalue weighted by molar-refractivity contribution is -0.274. The van der Waals surface area contributed by atoms with E-state index >= 15 is 0 Å². The maximum atomic E-state index is 12.4. The van der Waals surface area contributed by atoms with Gasteiger partial charge in [0.1, 0.15) is 28.6 Å². The fourth-order valence-corrected chi connectivity index (χ4v) is 3.01. The van der Waals surface area contributed by atoms with Gasteiger partial charge in [0.15, 0.2) is 0 Å². The molecule has 1 N–H and O–H groups in total. The molecule has 0 saturated carbocycles. The van der Waals surface area contributed by atoms with Crippen LogP contribution in [0.5, 0.6) is 11.5 Å². The van der Waals surface area contributed by atoms with Gasteiger partial charge in [-0.3, -0.25) is 9.78 Å². The molecular formula is C17H14ClF3N2O3. The van der Waals surface area contributed by atoms with E-state index in [4.69, 9.17) is 16.3 Å². The van der Waals surface area contributed by atoms with Crippen molar-refractivity contribution in [2.45, 2.75) is 18.3 Å². The molecule has 0 unspecified atom stereocenters. The number of nitrogens with zero attached hydrogens (tertiary/aromatic N) is 1. The third-order valence-electron chi connectivity index (χ3n) is 3.96. The van der Waals surface area contributed by atoms with Gasteiger partial charge in [0.25, 0.3) is 0 Å². The van der Waals surface area contributed by atoms with Crippen LogP contribution < -0.4 is 14.8 Å². The van der Waals surface area contributed by atoms with Gasteiger partial charge in [0.05, 0.1) is 6.61 Å². The Kier molecular flexibility index (Phi) is 4.95. The van der Waals surface area contributed by atoms with Crippen LogP contribution in [-0.4, -0.2) is 29.7 Å². The molecule has 1 atom stereocenters. The van der Waals surface area contributed by atoms with Crippen LogP contribution in [0.25, 0.3) is 0 Å². The van der Waals surface area contributed by atoms with Gasteiger partial charge in [0, 0.05) is 12.6 Å². The highest BCUT2D eigenvalue weighted by atomic mass is 35.5. The monoisotopic (exact) mass is 386 g/mol. The number of alkyl halides is 4. The molecule has 0 saturated heterocycles. The number of carbonyl (C=O) groups excluding carboxylic acids is 1. The summed E-state index contributed by atoms with van der Waals surface area (Å²) in [6.45, 7) is 0.294. The molecule has 26 heavy (non-hydrogen) atoms. The lowest BCUT2D eigenvalue weighted by Gasteiger charge is -2.38. The van der Waals surface area contributed by atoms with Crippen LogP contribution in [0.1, 0.15) is 17.7 Å². The van der Waals surface area contributed by atoms with E-state index < -0.39 is 17.8 Å². The first-order valence-corrected chi connectivity index (χ1v) is 8.19. The van der Waals surface area contributed by atoms with Crippen molar-refractivity contribution in [2.75, 3.05) is 12.5 Å². The van der Waals surface area contributed by atoms with Crippen LogP contribution in [-0.2, 0) is 10.3 Å². The van der Waals surface area contributed by atoms with Crippen molar-refractivity contribution in [3.05, 3.63) is 53.9 Å². The molecule has 1 aromatic heterocycles. The molecule has 0 fully saturated rings. The van der Waals surface area contributed by atoms with E-state index in [-0.39, 0.29) is 11.6 Å². The molecule has 138 valence electrons. The number of ether oxygens (including phenoxy) is 2. The summed E-state index contributed by atoms with van der Waals surface area (Å²) in [5.74, 6) is -0.557. The lowest BCUT2D eigenvalue weighted by Crippen LogP contribution is -2.50. The lowest BCUT2D eigenvalue weighted by atomic mass is 9.81. The van der Waals surface area contributed by atoms with Crippen molar-refractivity contribution in [1.82, 2.24) is 10.3 Å². The van der Waals surface area contributed by atoms with Crippen LogP contribution in [0.2, 0.25) is 0 Å².